The normalized spacial score (nSPS) is 10.3. The van der Waals surface area contributed by atoms with Crippen molar-refractivity contribution >= 4 is 27.3 Å². The molecule has 0 saturated carbocycles. The molecule has 0 radical (unpaired) electrons. The van der Waals surface area contributed by atoms with Gasteiger partial charge in [-0.25, -0.2) is 0 Å². The molecule has 1 nitrogen and oxygen atoms in total. The van der Waals surface area contributed by atoms with E-state index in [0.717, 1.165) is 10.2 Å². The molecule has 15 heavy (non-hydrogen) atoms. The molecule has 1 aromatic heterocycles. The van der Waals surface area contributed by atoms with E-state index in [1.54, 1.807) is 11.3 Å². The highest BCUT2D eigenvalue weighted by Gasteiger charge is 2.01. The number of aryl methyl sites for hydroxylation is 1. The van der Waals surface area contributed by atoms with E-state index in [9.17, 15) is 0 Å². The van der Waals surface area contributed by atoms with Gasteiger partial charge in [0.15, 0.2) is 0 Å². The minimum absolute atomic E-state index is 0.638. The van der Waals surface area contributed by atoms with Gasteiger partial charge in [-0.2, -0.15) is 0 Å². The summed E-state index contributed by atoms with van der Waals surface area (Å²) in [6, 6.07) is 10.2. The Morgan fingerprint density at radius 1 is 1.33 bits per heavy atom. The number of ether oxygens (including phenoxy) is 1. The summed E-state index contributed by atoms with van der Waals surface area (Å²) in [7, 11) is 0. The molecule has 0 bridgehead atoms. The van der Waals surface area contributed by atoms with Gasteiger partial charge in [-0.15, -0.1) is 11.3 Å². The van der Waals surface area contributed by atoms with Crippen LogP contribution in [0.3, 0.4) is 0 Å². The molecule has 0 fully saturated rings. The zero-order valence-corrected chi connectivity index (χ0v) is 10.8. The second-order valence-corrected chi connectivity index (χ2v) is 5.19. The van der Waals surface area contributed by atoms with Crippen LogP contribution in [0, 0.1) is 6.92 Å². The molecular weight excluding hydrogens is 272 g/mol. The van der Waals surface area contributed by atoms with Crippen LogP contribution in [0.1, 0.15) is 10.4 Å². The van der Waals surface area contributed by atoms with Gasteiger partial charge in [0.25, 0.3) is 0 Å². The van der Waals surface area contributed by atoms with Crippen LogP contribution in [0.2, 0.25) is 0 Å². The molecule has 0 spiro atoms. The van der Waals surface area contributed by atoms with Crippen LogP contribution < -0.4 is 4.74 Å². The summed E-state index contributed by atoms with van der Waals surface area (Å²) >= 11 is 5.20. The minimum Gasteiger partial charge on any atom is -0.487 e. The van der Waals surface area contributed by atoms with E-state index in [4.69, 9.17) is 4.74 Å². The monoisotopic (exact) mass is 282 g/mol. The van der Waals surface area contributed by atoms with Gasteiger partial charge in [-0.1, -0.05) is 12.1 Å². The fourth-order valence-corrected chi connectivity index (χ4v) is 2.49. The summed E-state index contributed by atoms with van der Waals surface area (Å²) in [6.07, 6.45) is 0. The maximum Gasteiger partial charge on any atom is 0.134 e. The Morgan fingerprint density at radius 2 is 2.20 bits per heavy atom. The first kappa shape index (κ1) is 10.7. The zero-order chi connectivity index (χ0) is 10.7. The summed E-state index contributed by atoms with van der Waals surface area (Å²) < 4.78 is 6.71. The molecule has 3 heteroatoms. The maximum absolute atomic E-state index is 5.70. The predicted octanol–water partition coefficient (Wildman–Crippen LogP) is 4.40. The SMILES string of the molecule is Cc1ccc(OCc2cccs2)c(Br)c1. The van der Waals surface area contributed by atoms with Crippen LogP contribution in [0.15, 0.2) is 40.2 Å². The van der Waals surface area contributed by atoms with Crippen LogP contribution in [0.4, 0.5) is 0 Å². The molecule has 78 valence electrons. The second-order valence-electron chi connectivity index (χ2n) is 3.30. The average molecular weight is 283 g/mol. The Morgan fingerprint density at radius 3 is 2.87 bits per heavy atom. The highest BCUT2D eigenvalue weighted by molar-refractivity contribution is 9.10. The molecule has 0 atom stereocenters. The second kappa shape index (κ2) is 4.81. The maximum atomic E-state index is 5.70. The van der Waals surface area contributed by atoms with Crippen LogP contribution in [0.25, 0.3) is 0 Å². The molecule has 1 heterocycles. The average Bonchev–Trinajstić information content (AvgIpc) is 2.69. The molecule has 0 amide bonds. The number of benzene rings is 1. The first-order chi connectivity index (χ1) is 7.25. The van der Waals surface area contributed by atoms with Gasteiger partial charge in [-0.05, 0) is 52.0 Å². The third-order valence-electron chi connectivity index (χ3n) is 2.04. The van der Waals surface area contributed by atoms with Gasteiger partial charge in [0.1, 0.15) is 12.4 Å². The number of rotatable bonds is 3. The van der Waals surface area contributed by atoms with E-state index in [0.29, 0.717) is 6.61 Å². The van der Waals surface area contributed by atoms with Crippen molar-refractivity contribution in [3.8, 4) is 5.75 Å². The van der Waals surface area contributed by atoms with Crippen LogP contribution >= 0.6 is 27.3 Å². The van der Waals surface area contributed by atoms with E-state index < -0.39 is 0 Å². The molecule has 0 aliphatic carbocycles. The van der Waals surface area contributed by atoms with Crippen molar-refractivity contribution in [3.05, 3.63) is 50.6 Å². The standard InChI is InChI=1S/C12H11BrOS/c1-9-4-5-12(11(13)7-9)14-8-10-3-2-6-15-10/h2-7H,8H2,1H3. The third kappa shape index (κ3) is 2.83. The molecule has 1 aromatic carbocycles. The smallest absolute Gasteiger partial charge is 0.134 e. The lowest BCUT2D eigenvalue weighted by atomic mass is 10.2. The Kier molecular flexibility index (Phi) is 3.44. The Hall–Kier alpha value is -0.800. The van der Waals surface area contributed by atoms with E-state index in [-0.39, 0.29) is 0 Å². The van der Waals surface area contributed by atoms with Crippen molar-refractivity contribution in [1.29, 1.82) is 0 Å². The summed E-state index contributed by atoms with van der Waals surface area (Å²) in [4.78, 5) is 1.24. The molecule has 2 aromatic rings. The Balaban J connectivity index is 2.05. The van der Waals surface area contributed by atoms with Gasteiger partial charge in [-0.3, -0.25) is 0 Å². The van der Waals surface area contributed by atoms with Crippen molar-refractivity contribution in [3.63, 3.8) is 0 Å². The fraction of sp³-hybridized carbons (Fsp3) is 0.167. The number of hydrogen-bond acceptors (Lipinski definition) is 2. The molecule has 0 aliphatic rings. The number of thiophene rings is 1. The molecule has 0 saturated heterocycles. The first-order valence-corrected chi connectivity index (χ1v) is 6.34. The van der Waals surface area contributed by atoms with Crippen molar-refractivity contribution in [2.75, 3.05) is 0 Å². The molecular formula is C12H11BrOS. The van der Waals surface area contributed by atoms with Crippen LogP contribution in [-0.2, 0) is 6.61 Å². The third-order valence-corrected chi connectivity index (χ3v) is 3.51. The molecule has 0 N–H and O–H groups in total. The molecule has 0 unspecified atom stereocenters. The van der Waals surface area contributed by atoms with E-state index in [1.807, 2.05) is 12.1 Å². The van der Waals surface area contributed by atoms with Crippen LogP contribution in [-0.4, -0.2) is 0 Å². The summed E-state index contributed by atoms with van der Waals surface area (Å²) in [5.74, 6) is 0.897. The lowest BCUT2D eigenvalue weighted by molar-refractivity contribution is 0.308. The van der Waals surface area contributed by atoms with Crippen molar-refractivity contribution in [2.24, 2.45) is 0 Å². The lowest BCUT2D eigenvalue weighted by Gasteiger charge is -2.07. The quantitative estimate of drug-likeness (QED) is 0.811. The van der Waals surface area contributed by atoms with E-state index >= 15 is 0 Å². The largest absolute Gasteiger partial charge is 0.487 e. The van der Waals surface area contributed by atoms with Gasteiger partial charge in [0, 0.05) is 4.88 Å². The fourth-order valence-electron chi connectivity index (χ4n) is 1.27. The summed E-state index contributed by atoms with van der Waals surface area (Å²) in [5.41, 5.74) is 1.23. The first-order valence-electron chi connectivity index (χ1n) is 4.67. The van der Waals surface area contributed by atoms with Crippen molar-refractivity contribution < 1.29 is 4.74 Å². The van der Waals surface area contributed by atoms with Gasteiger partial charge in [0.05, 0.1) is 4.47 Å². The van der Waals surface area contributed by atoms with Crippen LogP contribution in [0.5, 0.6) is 5.75 Å². The summed E-state index contributed by atoms with van der Waals surface area (Å²) in [6.45, 7) is 2.70. The molecule has 0 aliphatic heterocycles. The Labute approximate surface area is 102 Å². The van der Waals surface area contributed by atoms with Crippen molar-refractivity contribution in [2.45, 2.75) is 13.5 Å². The van der Waals surface area contributed by atoms with E-state index in [1.165, 1.54) is 10.4 Å². The lowest BCUT2D eigenvalue weighted by Crippen LogP contribution is -1.93. The Bertz CT molecular complexity index is 437. The van der Waals surface area contributed by atoms with Gasteiger partial charge >= 0.3 is 0 Å². The van der Waals surface area contributed by atoms with E-state index in [2.05, 4.69) is 46.4 Å². The molecule has 2 rings (SSSR count). The van der Waals surface area contributed by atoms with Crippen molar-refractivity contribution in [1.82, 2.24) is 0 Å². The highest BCUT2D eigenvalue weighted by Crippen LogP contribution is 2.26. The zero-order valence-electron chi connectivity index (χ0n) is 8.37. The minimum atomic E-state index is 0.638. The topological polar surface area (TPSA) is 9.23 Å². The van der Waals surface area contributed by atoms with Gasteiger partial charge in [0.2, 0.25) is 0 Å². The predicted molar refractivity (Wildman–Crippen MR) is 67.5 cm³/mol. The summed E-state index contributed by atoms with van der Waals surface area (Å²) in [5, 5.41) is 2.06. The highest BCUT2D eigenvalue weighted by atomic mass is 79.9. The van der Waals surface area contributed by atoms with Gasteiger partial charge < -0.3 is 4.74 Å². The number of halogens is 1. The number of hydrogen-bond donors (Lipinski definition) is 0.